The van der Waals surface area contributed by atoms with E-state index in [1.165, 1.54) is 23.8 Å². The molecular formula is C16H16N4OS2. The van der Waals surface area contributed by atoms with Crippen LogP contribution in [0.4, 0.5) is 5.13 Å². The van der Waals surface area contributed by atoms with E-state index in [9.17, 15) is 4.79 Å². The summed E-state index contributed by atoms with van der Waals surface area (Å²) < 4.78 is 0. The lowest BCUT2D eigenvalue weighted by molar-refractivity contribution is -0.114. The van der Waals surface area contributed by atoms with Crippen LogP contribution >= 0.6 is 23.1 Å². The maximum absolute atomic E-state index is 11.1. The van der Waals surface area contributed by atoms with Gasteiger partial charge in [0.2, 0.25) is 5.91 Å². The molecule has 1 unspecified atom stereocenters. The van der Waals surface area contributed by atoms with E-state index in [4.69, 9.17) is 0 Å². The molecule has 2 aromatic heterocycles. The average molecular weight is 344 g/mol. The van der Waals surface area contributed by atoms with Gasteiger partial charge >= 0.3 is 0 Å². The number of hydrogen-bond acceptors (Lipinski definition) is 6. The van der Waals surface area contributed by atoms with Crippen molar-refractivity contribution in [2.24, 2.45) is 0 Å². The fourth-order valence-electron chi connectivity index (χ4n) is 2.07. The van der Waals surface area contributed by atoms with Gasteiger partial charge in [-0.05, 0) is 11.5 Å². The minimum absolute atomic E-state index is 0.136. The van der Waals surface area contributed by atoms with Crippen molar-refractivity contribution in [3.8, 4) is 0 Å². The van der Waals surface area contributed by atoms with E-state index in [0.717, 1.165) is 15.7 Å². The Bertz CT molecular complexity index is 819. The standard InChI is InChI=1S/C16H16N4OS2/c1-10(12-6-4-3-5-7-12)9-22-15-17-8-13-14(20-15)23-16(19-13)18-11(2)21/h3-8,10H,9H2,1-2H3,(H,18,19,21). The molecule has 0 fully saturated rings. The number of amides is 1. The number of nitrogens with zero attached hydrogens (tertiary/aromatic N) is 3. The summed E-state index contributed by atoms with van der Waals surface area (Å²) in [6.07, 6.45) is 1.71. The molecule has 3 rings (SSSR count). The molecule has 0 aliphatic carbocycles. The fourth-order valence-corrected chi connectivity index (χ4v) is 3.86. The maximum atomic E-state index is 11.1. The zero-order chi connectivity index (χ0) is 16.2. The van der Waals surface area contributed by atoms with E-state index < -0.39 is 0 Å². The number of nitrogens with one attached hydrogen (secondary N) is 1. The number of benzene rings is 1. The number of carbonyl (C=O) groups is 1. The third-order valence-corrected chi connectivity index (χ3v) is 5.24. The molecule has 0 saturated heterocycles. The summed E-state index contributed by atoms with van der Waals surface area (Å²) in [6.45, 7) is 3.66. The van der Waals surface area contributed by atoms with Gasteiger partial charge < -0.3 is 5.32 Å². The molecule has 118 valence electrons. The highest BCUT2D eigenvalue weighted by Crippen LogP contribution is 2.28. The summed E-state index contributed by atoms with van der Waals surface area (Å²) >= 11 is 2.99. The van der Waals surface area contributed by atoms with Crippen molar-refractivity contribution in [1.29, 1.82) is 0 Å². The summed E-state index contributed by atoms with van der Waals surface area (Å²) in [4.78, 5) is 25.0. The van der Waals surface area contributed by atoms with Gasteiger partial charge in [-0.25, -0.2) is 15.0 Å². The second-order valence-corrected chi connectivity index (χ2v) is 7.13. The van der Waals surface area contributed by atoms with Gasteiger partial charge in [-0.2, -0.15) is 0 Å². The van der Waals surface area contributed by atoms with Crippen molar-refractivity contribution in [1.82, 2.24) is 15.0 Å². The van der Waals surface area contributed by atoms with E-state index >= 15 is 0 Å². The zero-order valence-corrected chi connectivity index (χ0v) is 14.4. The fraction of sp³-hybridized carbons (Fsp3) is 0.250. The number of thioether (sulfide) groups is 1. The van der Waals surface area contributed by atoms with E-state index in [1.54, 1.807) is 18.0 Å². The minimum atomic E-state index is -0.136. The van der Waals surface area contributed by atoms with Gasteiger partial charge in [0.15, 0.2) is 10.3 Å². The number of fused-ring (bicyclic) bond motifs is 1. The number of aromatic nitrogens is 3. The molecule has 1 N–H and O–H groups in total. The summed E-state index contributed by atoms with van der Waals surface area (Å²) in [6, 6.07) is 10.4. The largest absolute Gasteiger partial charge is 0.302 e. The second-order valence-electron chi connectivity index (χ2n) is 5.17. The van der Waals surface area contributed by atoms with Crippen LogP contribution in [0, 0.1) is 0 Å². The number of rotatable bonds is 5. The normalized spacial score (nSPS) is 12.3. The van der Waals surface area contributed by atoms with Crippen LogP contribution in [0.5, 0.6) is 0 Å². The average Bonchev–Trinajstić information content (AvgIpc) is 2.94. The van der Waals surface area contributed by atoms with Gasteiger partial charge in [0.25, 0.3) is 0 Å². The molecule has 23 heavy (non-hydrogen) atoms. The lowest BCUT2D eigenvalue weighted by atomic mass is 10.0. The molecule has 1 aromatic carbocycles. The first kappa shape index (κ1) is 15.9. The number of thiazole rings is 1. The lowest BCUT2D eigenvalue weighted by Gasteiger charge is -2.10. The topological polar surface area (TPSA) is 67.8 Å². The number of carbonyl (C=O) groups excluding carboxylic acids is 1. The summed E-state index contributed by atoms with van der Waals surface area (Å²) in [5, 5.41) is 3.97. The second kappa shape index (κ2) is 7.06. The van der Waals surface area contributed by atoms with Gasteiger partial charge in [0, 0.05) is 12.7 Å². The van der Waals surface area contributed by atoms with Gasteiger partial charge in [-0.1, -0.05) is 60.4 Å². The number of anilines is 1. The third-order valence-electron chi connectivity index (χ3n) is 3.24. The summed E-state index contributed by atoms with van der Waals surface area (Å²) in [5.74, 6) is 1.20. The van der Waals surface area contributed by atoms with Crippen LogP contribution in [0.25, 0.3) is 10.3 Å². The highest BCUT2D eigenvalue weighted by Gasteiger charge is 2.10. The van der Waals surface area contributed by atoms with Crippen LogP contribution in [-0.2, 0) is 4.79 Å². The molecule has 0 spiro atoms. The van der Waals surface area contributed by atoms with Crippen LogP contribution in [-0.4, -0.2) is 26.6 Å². The van der Waals surface area contributed by atoms with Gasteiger partial charge in [-0.15, -0.1) is 0 Å². The zero-order valence-electron chi connectivity index (χ0n) is 12.8. The monoisotopic (exact) mass is 344 g/mol. The SMILES string of the molecule is CC(=O)Nc1nc2cnc(SCC(C)c3ccccc3)nc2s1. The van der Waals surface area contributed by atoms with Crippen LogP contribution in [0.1, 0.15) is 25.3 Å². The van der Waals surface area contributed by atoms with E-state index in [-0.39, 0.29) is 5.91 Å². The van der Waals surface area contributed by atoms with E-state index in [0.29, 0.717) is 16.6 Å². The van der Waals surface area contributed by atoms with Gasteiger partial charge in [0.05, 0.1) is 6.20 Å². The van der Waals surface area contributed by atoms with Crippen molar-refractivity contribution in [2.75, 3.05) is 11.1 Å². The molecule has 0 saturated carbocycles. The first-order valence-electron chi connectivity index (χ1n) is 7.21. The third kappa shape index (κ3) is 4.05. The van der Waals surface area contributed by atoms with Crippen LogP contribution in [0.2, 0.25) is 0 Å². The molecule has 0 radical (unpaired) electrons. The summed E-state index contributed by atoms with van der Waals surface area (Å²) in [5.41, 5.74) is 2.02. The van der Waals surface area contributed by atoms with Crippen LogP contribution < -0.4 is 5.32 Å². The minimum Gasteiger partial charge on any atom is -0.302 e. The molecule has 2 heterocycles. The predicted molar refractivity (Wildman–Crippen MR) is 95.1 cm³/mol. The number of hydrogen-bond donors (Lipinski definition) is 1. The molecule has 1 atom stereocenters. The predicted octanol–water partition coefficient (Wildman–Crippen LogP) is 3.94. The van der Waals surface area contributed by atoms with Crippen LogP contribution in [0.3, 0.4) is 0 Å². The first-order valence-corrected chi connectivity index (χ1v) is 9.01. The van der Waals surface area contributed by atoms with Gasteiger partial charge in [0.1, 0.15) is 10.3 Å². The summed E-state index contributed by atoms with van der Waals surface area (Å²) in [7, 11) is 0. The van der Waals surface area contributed by atoms with Crippen molar-refractivity contribution in [3.05, 3.63) is 42.1 Å². The lowest BCUT2D eigenvalue weighted by Crippen LogP contribution is -2.04. The van der Waals surface area contributed by atoms with Crippen molar-refractivity contribution < 1.29 is 4.79 Å². The van der Waals surface area contributed by atoms with E-state index in [1.807, 2.05) is 6.07 Å². The van der Waals surface area contributed by atoms with Crippen molar-refractivity contribution in [3.63, 3.8) is 0 Å². The molecule has 0 aliphatic heterocycles. The Morgan fingerprint density at radius 2 is 2.09 bits per heavy atom. The molecule has 3 aromatic rings. The molecule has 0 bridgehead atoms. The highest BCUT2D eigenvalue weighted by atomic mass is 32.2. The Labute approximate surface area is 142 Å². The Morgan fingerprint density at radius 3 is 2.83 bits per heavy atom. The Balaban J connectivity index is 1.69. The molecule has 0 aliphatic rings. The molecule has 5 nitrogen and oxygen atoms in total. The Kier molecular flexibility index (Phi) is 4.88. The Hall–Kier alpha value is -1.99. The molecule has 7 heteroatoms. The van der Waals surface area contributed by atoms with E-state index in [2.05, 4.69) is 51.5 Å². The van der Waals surface area contributed by atoms with Crippen molar-refractivity contribution >= 4 is 44.5 Å². The van der Waals surface area contributed by atoms with Crippen LogP contribution in [0.15, 0.2) is 41.7 Å². The highest BCUT2D eigenvalue weighted by molar-refractivity contribution is 7.99. The maximum Gasteiger partial charge on any atom is 0.223 e. The molecular weight excluding hydrogens is 328 g/mol. The van der Waals surface area contributed by atoms with Gasteiger partial charge in [-0.3, -0.25) is 4.79 Å². The first-order chi connectivity index (χ1) is 11.1. The molecule has 1 amide bonds. The smallest absolute Gasteiger partial charge is 0.223 e. The Morgan fingerprint density at radius 1 is 1.30 bits per heavy atom. The quantitative estimate of drug-likeness (QED) is 0.561. The van der Waals surface area contributed by atoms with Crippen molar-refractivity contribution in [2.45, 2.75) is 24.9 Å².